The molecule has 2 N–H and O–H groups in total. The predicted octanol–water partition coefficient (Wildman–Crippen LogP) is 1.53. The Kier molecular flexibility index (Phi) is 4.41. The smallest absolute Gasteiger partial charge is 0.206 e. The van der Waals surface area contributed by atoms with E-state index in [2.05, 4.69) is 45.6 Å². The summed E-state index contributed by atoms with van der Waals surface area (Å²) in [5, 5.41) is 0. The molecule has 0 spiro atoms. The Morgan fingerprint density at radius 2 is 1.90 bits per heavy atom. The molecule has 1 saturated heterocycles. The summed E-state index contributed by atoms with van der Waals surface area (Å²) in [4.78, 5) is 9.77. The van der Waals surface area contributed by atoms with Gasteiger partial charge in [0.1, 0.15) is 0 Å². The zero-order valence-corrected chi connectivity index (χ0v) is 12.8. The van der Waals surface area contributed by atoms with Gasteiger partial charge in [-0.05, 0) is 38.6 Å². The molecule has 0 aliphatic carbocycles. The number of fused-ring (bicyclic) bond motifs is 1. The number of hydrogen-bond acceptors (Lipinski definition) is 4. The number of aromatic nitrogens is 2. The predicted molar refractivity (Wildman–Crippen MR) is 87.7 cm³/mol. The highest BCUT2D eigenvalue weighted by molar-refractivity contribution is 5.78. The van der Waals surface area contributed by atoms with Gasteiger partial charge < -0.3 is 15.2 Å². The normalized spacial score (nSPS) is 16.8. The number of rotatable bonds is 5. The van der Waals surface area contributed by atoms with E-state index in [-0.39, 0.29) is 0 Å². The number of nitrogens with zero attached hydrogens (tertiary/aromatic N) is 4. The van der Waals surface area contributed by atoms with Gasteiger partial charge in [-0.1, -0.05) is 12.1 Å². The number of benzene rings is 1. The number of nitrogens with two attached hydrogens (primary N) is 1. The second-order valence-corrected chi connectivity index (χ2v) is 5.62. The lowest BCUT2D eigenvalue weighted by Crippen LogP contribution is -2.47. The van der Waals surface area contributed by atoms with E-state index in [1.54, 1.807) is 0 Å². The highest BCUT2D eigenvalue weighted by atomic mass is 15.4. The lowest BCUT2D eigenvalue weighted by molar-refractivity contribution is 0.254. The minimum Gasteiger partial charge on any atom is -0.340 e. The van der Waals surface area contributed by atoms with Crippen molar-refractivity contribution in [2.45, 2.75) is 19.9 Å². The maximum absolute atomic E-state index is 5.59. The Morgan fingerprint density at radius 1 is 1.14 bits per heavy atom. The van der Waals surface area contributed by atoms with Crippen LogP contribution in [0.25, 0.3) is 11.0 Å². The summed E-state index contributed by atoms with van der Waals surface area (Å²) >= 11 is 0. The zero-order valence-electron chi connectivity index (χ0n) is 12.8. The fourth-order valence-corrected chi connectivity index (χ4v) is 3.10. The monoisotopic (exact) mass is 287 g/mol. The Balaban J connectivity index is 1.76. The molecule has 0 bridgehead atoms. The lowest BCUT2D eigenvalue weighted by Gasteiger charge is -2.35. The first-order valence-electron chi connectivity index (χ1n) is 7.96. The van der Waals surface area contributed by atoms with Crippen molar-refractivity contribution in [1.29, 1.82) is 0 Å². The van der Waals surface area contributed by atoms with Crippen molar-refractivity contribution in [2.24, 2.45) is 5.73 Å². The van der Waals surface area contributed by atoms with Gasteiger partial charge in [-0.2, -0.15) is 0 Å². The van der Waals surface area contributed by atoms with Crippen LogP contribution in [-0.4, -0.2) is 53.7 Å². The van der Waals surface area contributed by atoms with Crippen LogP contribution in [0.5, 0.6) is 0 Å². The molecule has 21 heavy (non-hydrogen) atoms. The summed E-state index contributed by atoms with van der Waals surface area (Å²) in [6.07, 6.45) is 1.09. The van der Waals surface area contributed by atoms with Crippen LogP contribution in [0.1, 0.15) is 13.3 Å². The maximum Gasteiger partial charge on any atom is 0.206 e. The molecule has 2 aromatic rings. The third-order valence-electron chi connectivity index (χ3n) is 4.28. The Morgan fingerprint density at radius 3 is 2.62 bits per heavy atom. The molecule has 1 aromatic carbocycles. The zero-order chi connectivity index (χ0) is 14.7. The molecular weight excluding hydrogens is 262 g/mol. The van der Waals surface area contributed by atoms with Crippen molar-refractivity contribution < 1.29 is 0 Å². The quantitative estimate of drug-likeness (QED) is 0.906. The minimum atomic E-state index is 0.784. The third kappa shape index (κ3) is 2.89. The van der Waals surface area contributed by atoms with Gasteiger partial charge in [-0.25, -0.2) is 4.98 Å². The summed E-state index contributed by atoms with van der Waals surface area (Å²) < 4.78 is 2.32. The number of hydrogen-bond donors (Lipinski definition) is 1. The van der Waals surface area contributed by atoms with Crippen molar-refractivity contribution in [3.8, 4) is 0 Å². The van der Waals surface area contributed by atoms with Crippen LogP contribution in [0.3, 0.4) is 0 Å². The van der Waals surface area contributed by atoms with Crippen LogP contribution in [0.4, 0.5) is 5.95 Å². The molecule has 0 atom stereocenters. The standard InChI is InChI=1S/C16H25N5/c1-2-21-15-7-4-3-6-14(15)18-16(21)20-12-10-19(11-13-20)9-5-8-17/h3-4,6-7H,2,5,8-13,17H2,1H3. The summed E-state index contributed by atoms with van der Waals surface area (Å²) in [5.41, 5.74) is 7.93. The first-order valence-corrected chi connectivity index (χ1v) is 7.96. The summed E-state index contributed by atoms with van der Waals surface area (Å²) in [5.74, 6) is 1.12. The van der Waals surface area contributed by atoms with E-state index in [1.807, 2.05) is 0 Å². The number of piperazine rings is 1. The molecule has 0 radical (unpaired) electrons. The molecule has 3 rings (SSSR count). The van der Waals surface area contributed by atoms with E-state index in [0.29, 0.717) is 0 Å². The van der Waals surface area contributed by atoms with Crippen molar-refractivity contribution in [2.75, 3.05) is 44.2 Å². The number of para-hydroxylation sites is 2. The van der Waals surface area contributed by atoms with E-state index in [4.69, 9.17) is 10.7 Å². The van der Waals surface area contributed by atoms with Crippen molar-refractivity contribution in [3.63, 3.8) is 0 Å². The highest BCUT2D eigenvalue weighted by Gasteiger charge is 2.21. The van der Waals surface area contributed by atoms with Crippen LogP contribution >= 0.6 is 0 Å². The van der Waals surface area contributed by atoms with Gasteiger partial charge in [0.25, 0.3) is 0 Å². The molecule has 5 heteroatoms. The Bertz CT molecular complexity index is 583. The first kappa shape index (κ1) is 14.4. The second-order valence-electron chi connectivity index (χ2n) is 5.62. The fourth-order valence-electron chi connectivity index (χ4n) is 3.10. The van der Waals surface area contributed by atoms with E-state index in [9.17, 15) is 0 Å². The number of aryl methyl sites for hydroxylation is 1. The largest absolute Gasteiger partial charge is 0.340 e. The molecule has 5 nitrogen and oxygen atoms in total. The first-order chi connectivity index (χ1) is 10.3. The SMILES string of the molecule is CCn1c(N2CCN(CCCN)CC2)nc2ccccc21. The lowest BCUT2D eigenvalue weighted by atomic mass is 10.3. The third-order valence-corrected chi connectivity index (χ3v) is 4.28. The molecule has 0 saturated carbocycles. The summed E-state index contributed by atoms with van der Waals surface area (Å²) in [7, 11) is 0. The van der Waals surface area contributed by atoms with Gasteiger partial charge in [0.2, 0.25) is 5.95 Å². The minimum absolute atomic E-state index is 0.784. The van der Waals surface area contributed by atoms with E-state index >= 15 is 0 Å². The van der Waals surface area contributed by atoms with Gasteiger partial charge in [0.05, 0.1) is 11.0 Å². The molecule has 1 aliphatic rings. The molecule has 1 fully saturated rings. The molecule has 0 unspecified atom stereocenters. The molecule has 0 amide bonds. The van der Waals surface area contributed by atoms with Crippen LogP contribution in [0.15, 0.2) is 24.3 Å². The molecule has 2 heterocycles. The summed E-state index contributed by atoms with van der Waals surface area (Å²) in [6, 6.07) is 8.41. The Labute approximate surface area is 126 Å². The van der Waals surface area contributed by atoms with Gasteiger partial charge in [-0.15, -0.1) is 0 Å². The fraction of sp³-hybridized carbons (Fsp3) is 0.562. The molecule has 1 aromatic heterocycles. The maximum atomic E-state index is 5.59. The van der Waals surface area contributed by atoms with E-state index in [0.717, 1.165) is 63.7 Å². The van der Waals surface area contributed by atoms with Crippen molar-refractivity contribution >= 4 is 17.0 Å². The summed E-state index contributed by atoms with van der Waals surface area (Å²) in [6.45, 7) is 9.36. The number of imidazole rings is 1. The van der Waals surface area contributed by atoms with Gasteiger partial charge in [0, 0.05) is 32.7 Å². The topological polar surface area (TPSA) is 50.3 Å². The average Bonchev–Trinajstić information content (AvgIpc) is 2.92. The van der Waals surface area contributed by atoms with E-state index in [1.165, 1.54) is 5.52 Å². The van der Waals surface area contributed by atoms with Gasteiger partial charge >= 0.3 is 0 Å². The molecular formula is C16H25N5. The molecule has 114 valence electrons. The molecule has 1 aliphatic heterocycles. The van der Waals surface area contributed by atoms with Crippen LogP contribution in [-0.2, 0) is 6.54 Å². The van der Waals surface area contributed by atoms with Crippen molar-refractivity contribution in [1.82, 2.24) is 14.5 Å². The van der Waals surface area contributed by atoms with E-state index < -0.39 is 0 Å². The van der Waals surface area contributed by atoms with Gasteiger partial charge in [-0.3, -0.25) is 4.90 Å². The Hall–Kier alpha value is -1.59. The number of anilines is 1. The van der Waals surface area contributed by atoms with Crippen LogP contribution < -0.4 is 10.6 Å². The highest BCUT2D eigenvalue weighted by Crippen LogP contribution is 2.23. The average molecular weight is 287 g/mol. The van der Waals surface area contributed by atoms with Gasteiger partial charge in [0.15, 0.2) is 0 Å². The second kappa shape index (κ2) is 6.45. The van der Waals surface area contributed by atoms with Crippen LogP contribution in [0.2, 0.25) is 0 Å². The van der Waals surface area contributed by atoms with Crippen molar-refractivity contribution in [3.05, 3.63) is 24.3 Å². The van der Waals surface area contributed by atoms with Crippen LogP contribution in [0, 0.1) is 0 Å².